The maximum atomic E-state index is 12.6. The second-order valence-corrected chi connectivity index (χ2v) is 22.4. The number of phosphoric acid groups is 1. The van der Waals surface area contributed by atoms with Gasteiger partial charge in [-0.05, 0) is 44.9 Å². The zero-order chi connectivity index (χ0) is 52.4. The lowest BCUT2D eigenvalue weighted by Crippen LogP contribution is -2.29. The van der Waals surface area contributed by atoms with Crippen LogP contribution in [0.25, 0.3) is 0 Å². The fraction of sp³-hybridized carbons (Fsp3) is 0.871. The van der Waals surface area contributed by atoms with Crippen LogP contribution in [-0.2, 0) is 32.7 Å². The van der Waals surface area contributed by atoms with E-state index in [-0.39, 0.29) is 38.6 Å². The summed E-state index contributed by atoms with van der Waals surface area (Å²) < 4.78 is 33.0. The van der Waals surface area contributed by atoms with E-state index in [4.69, 9.17) is 24.3 Å². The molecule has 0 aliphatic heterocycles. The fourth-order valence-electron chi connectivity index (χ4n) is 9.24. The van der Waals surface area contributed by atoms with Gasteiger partial charge in [0.2, 0.25) is 0 Å². The minimum absolute atomic E-state index is 0.0510. The number of carbonyl (C=O) groups is 2. The Morgan fingerprint density at radius 3 is 1.14 bits per heavy atom. The highest BCUT2D eigenvalue weighted by atomic mass is 31.2. The molecule has 0 aliphatic carbocycles. The van der Waals surface area contributed by atoms with Crippen molar-refractivity contribution in [2.45, 2.75) is 322 Å². The Kier molecular flexibility index (Phi) is 57.1. The van der Waals surface area contributed by atoms with Gasteiger partial charge >= 0.3 is 19.8 Å². The van der Waals surface area contributed by atoms with Crippen molar-refractivity contribution in [3.63, 3.8) is 0 Å². The summed E-state index contributed by atoms with van der Waals surface area (Å²) in [5.74, 6) is -0.835. The SMILES string of the molecule is CC/C=C\C/C=C\C/C=C\CCCCCCCC(=O)OC(COC(=O)CCCCCCCCCCCCCCCCCCCCCCCCCCCCCCCCCCCCCC)COP(=O)(O)OCCN. The lowest BCUT2D eigenvalue weighted by Gasteiger charge is -2.19. The molecule has 9 nitrogen and oxygen atoms in total. The number of rotatable bonds is 59. The maximum absolute atomic E-state index is 12.6. The Labute approximate surface area is 445 Å². The minimum Gasteiger partial charge on any atom is -0.462 e. The average molecular weight is 1040 g/mol. The quantitative estimate of drug-likeness (QED) is 0.0264. The molecule has 0 spiro atoms. The Morgan fingerprint density at radius 1 is 0.431 bits per heavy atom. The van der Waals surface area contributed by atoms with Gasteiger partial charge in [-0.1, -0.05) is 294 Å². The molecule has 0 saturated carbocycles. The van der Waals surface area contributed by atoms with Gasteiger partial charge in [-0.15, -0.1) is 0 Å². The Hall–Kier alpha value is -1.77. The van der Waals surface area contributed by atoms with Crippen molar-refractivity contribution in [2.24, 2.45) is 5.73 Å². The molecular weight excluding hydrogens is 918 g/mol. The molecule has 0 amide bonds. The molecule has 0 aromatic heterocycles. The highest BCUT2D eigenvalue weighted by Crippen LogP contribution is 2.43. The zero-order valence-corrected chi connectivity index (χ0v) is 48.3. The van der Waals surface area contributed by atoms with Gasteiger partial charge in [0.15, 0.2) is 6.10 Å². The highest BCUT2D eigenvalue weighted by Gasteiger charge is 2.26. The summed E-state index contributed by atoms with van der Waals surface area (Å²) in [5, 5.41) is 0. The summed E-state index contributed by atoms with van der Waals surface area (Å²) in [7, 11) is -4.39. The highest BCUT2D eigenvalue weighted by molar-refractivity contribution is 7.47. The van der Waals surface area contributed by atoms with E-state index in [0.717, 1.165) is 70.6 Å². The van der Waals surface area contributed by atoms with Crippen molar-refractivity contribution in [3.05, 3.63) is 36.5 Å². The molecule has 2 unspecified atom stereocenters. The van der Waals surface area contributed by atoms with E-state index in [1.54, 1.807) is 0 Å². The van der Waals surface area contributed by atoms with Gasteiger partial charge in [0.1, 0.15) is 6.61 Å². The molecule has 0 heterocycles. The van der Waals surface area contributed by atoms with Crippen molar-refractivity contribution >= 4 is 19.8 Å². The Balaban J connectivity index is 3.75. The van der Waals surface area contributed by atoms with E-state index in [0.29, 0.717) is 6.42 Å². The number of hydrogen-bond donors (Lipinski definition) is 2. The van der Waals surface area contributed by atoms with Crippen molar-refractivity contribution in [3.8, 4) is 0 Å². The van der Waals surface area contributed by atoms with Gasteiger partial charge in [-0.2, -0.15) is 0 Å². The molecule has 424 valence electrons. The average Bonchev–Trinajstić information content (AvgIpc) is 3.37. The third kappa shape index (κ3) is 57.5. The van der Waals surface area contributed by atoms with E-state index >= 15 is 0 Å². The van der Waals surface area contributed by atoms with Crippen LogP contribution in [-0.4, -0.2) is 49.3 Å². The first-order valence-corrected chi connectivity index (χ1v) is 32.5. The molecule has 0 bridgehead atoms. The van der Waals surface area contributed by atoms with Crippen LogP contribution in [0.15, 0.2) is 36.5 Å². The first-order chi connectivity index (χ1) is 35.3. The number of carbonyl (C=O) groups excluding carboxylic acids is 2. The lowest BCUT2D eigenvalue weighted by atomic mass is 10.0. The third-order valence-corrected chi connectivity index (χ3v) is 14.8. The number of allylic oxidation sites excluding steroid dienone is 6. The van der Waals surface area contributed by atoms with Crippen LogP contribution in [0.5, 0.6) is 0 Å². The molecule has 0 aromatic rings. The van der Waals surface area contributed by atoms with E-state index in [2.05, 4.69) is 50.3 Å². The normalized spacial score (nSPS) is 13.2. The molecule has 0 fully saturated rings. The van der Waals surface area contributed by atoms with Gasteiger partial charge in [0.25, 0.3) is 0 Å². The zero-order valence-electron chi connectivity index (χ0n) is 47.4. The summed E-state index contributed by atoms with van der Waals surface area (Å²) in [4.78, 5) is 35.1. The second-order valence-electron chi connectivity index (χ2n) is 20.9. The summed E-state index contributed by atoms with van der Waals surface area (Å²) in [6, 6.07) is 0. The van der Waals surface area contributed by atoms with Crippen LogP contribution in [0.2, 0.25) is 0 Å². The summed E-state index contributed by atoms with van der Waals surface area (Å²) in [6.07, 6.45) is 71.1. The van der Waals surface area contributed by atoms with Crippen molar-refractivity contribution in [1.82, 2.24) is 0 Å². The second kappa shape index (κ2) is 58.5. The standard InChI is InChI=1S/C62H118NO8P/c1-3-5-7-9-11-13-15-17-19-20-21-22-23-24-25-26-27-28-29-30-31-32-33-34-35-36-37-38-39-41-42-44-46-48-50-52-54-61(64)68-58-60(59-70-72(66,67)69-57-56-63)71-62(65)55-53-51-49-47-45-43-40-18-16-14-12-10-8-6-4-2/h6,8,12,14,18,40,60H,3-5,7,9-11,13,15-17,19-39,41-59,63H2,1-2H3,(H,66,67)/b8-6-,14-12-,40-18-. The van der Waals surface area contributed by atoms with E-state index in [9.17, 15) is 19.0 Å². The van der Waals surface area contributed by atoms with Crippen molar-refractivity contribution in [2.75, 3.05) is 26.4 Å². The smallest absolute Gasteiger partial charge is 0.462 e. The minimum atomic E-state index is -4.39. The number of hydrogen-bond acceptors (Lipinski definition) is 8. The largest absolute Gasteiger partial charge is 0.472 e. The summed E-state index contributed by atoms with van der Waals surface area (Å²) in [6.45, 7) is 3.65. The number of ether oxygens (including phenoxy) is 2. The molecule has 10 heteroatoms. The first-order valence-electron chi connectivity index (χ1n) is 31.0. The molecule has 0 radical (unpaired) electrons. The van der Waals surface area contributed by atoms with Crippen LogP contribution in [0.1, 0.15) is 316 Å². The molecular formula is C62H118NO8P. The van der Waals surface area contributed by atoms with Crippen LogP contribution in [0.4, 0.5) is 0 Å². The number of unbranched alkanes of at least 4 members (excludes halogenated alkanes) is 40. The van der Waals surface area contributed by atoms with Crippen molar-refractivity contribution < 1.29 is 37.6 Å². The molecule has 0 saturated heterocycles. The van der Waals surface area contributed by atoms with E-state index in [1.807, 2.05) is 0 Å². The van der Waals surface area contributed by atoms with Crippen LogP contribution in [0, 0.1) is 0 Å². The maximum Gasteiger partial charge on any atom is 0.472 e. The first kappa shape index (κ1) is 70.2. The molecule has 0 rings (SSSR count). The van der Waals surface area contributed by atoms with Gasteiger partial charge < -0.3 is 20.1 Å². The van der Waals surface area contributed by atoms with Crippen LogP contribution >= 0.6 is 7.82 Å². The van der Waals surface area contributed by atoms with Crippen LogP contribution < -0.4 is 5.73 Å². The van der Waals surface area contributed by atoms with Crippen LogP contribution in [0.3, 0.4) is 0 Å². The van der Waals surface area contributed by atoms with Gasteiger partial charge in [0, 0.05) is 19.4 Å². The monoisotopic (exact) mass is 1040 g/mol. The predicted octanol–water partition coefficient (Wildman–Crippen LogP) is 19.6. The van der Waals surface area contributed by atoms with Gasteiger partial charge in [0.05, 0.1) is 13.2 Å². The topological polar surface area (TPSA) is 134 Å². The van der Waals surface area contributed by atoms with Gasteiger partial charge in [-0.3, -0.25) is 18.6 Å². The Bertz CT molecular complexity index is 1270. The Morgan fingerprint density at radius 2 is 0.764 bits per heavy atom. The lowest BCUT2D eigenvalue weighted by molar-refractivity contribution is -0.161. The number of nitrogens with two attached hydrogens (primary N) is 1. The summed E-state index contributed by atoms with van der Waals surface area (Å²) in [5.41, 5.74) is 5.37. The molecule has 3 N–H and O–H groups in total. The third-order valence-electron chi connectivity index (χ3n) is 13.8. The van der Waals surface area contributed by atoms with E-state index < -0.39 is 26.5 Å². The van der Waals surface area contributed by atoms with Gasteiger partial charge in [-0.25, -0.2) is 4.57 Å². The molecule has 0 aliphatic rings. The van der Waals surface area contributed by atoms with E-state index in [1.165, 1.54) is 212 Å². The number of phosphoric ester groups is 1. The summed E-state index contributed by atoms with van der Waals surface area (Å²) >= 11 is 0. The fourth-order valence-corrected chi connectivity index (χ4v) is 10.0. The number of esters is 2. The molecule has 0 aromatic carbocycles. The molecule has 72 heavy (non-hydrogen) atoms. The van der Waals surface area contributed by atoms with Crippen molar-refractivity contribution in [1.29, 1.82) is 0 Å². The molecule has 2 atom stereocenters. The predicted molar refractivity (Wildman–Crippen MR) is 307 cm³/mol.